The number of nitrogens with one attached hydrogen (secondary N) is 2. The number of carbonyl (C=O) groups excluding carboxylic acids is 1. The van der Waals surface area contributed by atoms with E-state index in [1.54, 1.807) is 6.20 Å². The van der Waals surface area contributed by atoms with Gasteiger partial charge in [0.05, 0.1) is 12.2 Å². The predicted molar refractivity (Wildman–Crippen MR) is 99.8 cm³/mol. The largest absolute Gasteiger partial charge is 0.373 e. The number of hydrogen-bond donors (Lipinski definition) is 2. The average molecular weight is 349 g/mol. The van der Waals surface area contributed by atoms with Crippen molar-refractivity contribution in [2.24, 2.45) is 0 Å². The summed E-state index contributed by atoms with van der Waals surface area (Å²) in [5.74, 6) is 0.868. The maximum absolute atomic E-state index is 12.1. The van der Waals surface area contributed by atoms with E-state index in [4.69, 9.17) is 4.74 Å². The van der Waals surface area contributed by atoms with Gasteiger partial charge in [0.1, 0.15) is 5.82 Å². The van der Waals surface area contributed by atoms with E-state index < -0.39 is 0 Å². The molecule has 2 amide bonds. The van der Waals surface area contributed by atoms with Crippen LogP contribution in [0, 0.1) is 0 Å². The van der Waals surface area contributed by atoms with Gasteiger partial charge in [-0.2, -0.15) is 0 Å². The molecule has 2 N–H and O–H groups in total. The van der Waals surface area contributed by atoms with Crippen LogP contribution in [0.15, 0.2) is 18.3 Å². The van der Waals surface area contributed by atoms with Gasteiger partial charge >= 0.3 is 6.03 Å². The summed E-state index contributed by atoms with van der Waals surface area (Å²) < 4.78 is 5.76. The molecule has 25 heavy (non-hydrogen) atoms. The van der Waals surface area contributed by atoms with E-state index in [2.05, 4.69) is 41.3 Å². The SMILES string of the molecule is C[C@@H]1CN([C@H](C)CNC(=O)NCc2cccnc2N(C)C)C[C@@H](C)O1. The zero-order chi connectivity index (χ0) is 18.4. The number of urea groups is 1. The molecule has 1 aliphatic rings. The van der Waals surface area contributed by atoms with Crippen molar-refractivity contribution < 1.29 is 9.53 Å². The summed E-state index contributed by atoms with van der Waals surface area (Å²) in [6.45, 7) is 9.17. The third kappa shape index (κ3) is 5.86. The maximum Gasteiger partial charge on any atom is 0.315 e. The van der Waals surface area contributed by atoms with Gasteiger partial charge in [0.15, 0.2) is 0 Å². The normalized spacial score (nSPS) is 22.3. The smallest absolute Gasteiger partial charge is 0.315 e. The summed E-state index contributed by atoms with van der Waals surface area (Å²) in [6, 6.07) is 3.97. The number of rotatable bonds is 6. The Hall–Kier alpha value is -1.86. The number of morpholine rings is 1. The Morgan fingerprint density at radius 2 is 2.04 bits per heavy atom. The monoisotopic (exact) mass is 349 g/mol. The second kappa shape index (κ2) is 9.01. The topological polar surface area (TPSA) is 69.7 Å². The standard InChI is InChI=1S/C18H31N5O2/c1-13(23-11-14(2)25-15(3)12-23)9-20-18(24)21-10-16-7-6-8-19-17(16)22(4)5/h6-8,13-15H,9-12H2,1-5H3,(H2,20,21,24)/t13-,14-,15-/m1/s1. The molecule has 2 heterocycles. The van der Waals surface area contributed by atoms with Gasteiger partial charge in [-0.05, 0) is 26.8 Å². The first-order valence-electron chi connectivity index (χ1n) is 8.89. The first kappa shape index (κ1) is 19.5. The highest BCUT2D eigenvalue weighted by atomic mass is 16.5. The molecule has 7 heteroatoms. The number of amides is 2. The summed E-state index contributed by atoms with van der Waals surface area (Å²) in [4.78, 5) is 20.8. The van der Waals surface area contributed by atoms with Gasteiger partial charge in [-0.25, -0.2) is 9.78 Å². The van der Waals surface area contributed by atoms with E-state index in [0.29, 0.717) is 13.1 Å². The van der Waals surface area contributed by atoms with Crippen molar-refractivity contribution in [2.45, 2.75) is 45.6 Å². The van der Waals surface area contributed by atoms with E-state index in [0.717, 1.165) is 24.5 Å². The Balaban J connectivity index is 1.77. The van der Waals surface area contributed by atoms with Crippen LogP contribution in [-0.2, 0) is 11.3 Å². The highest BCUT2D eigenvalue weighted by molar-refractivity contribution is 5.74. The fourth-order valence-electron chi connectivity index (χ4n) is 3.16. The minimum Gasteiger partial charge on any atom is -0.373 e. The molecular weight excluding hydrogens is 318 g/mol. The molecule has 1 aromatic heterocycles. The number of ether oxygens (including phenoxy) is 1. The fraction of sp³-hybridized carbons (Fsp3) is 0.667. The van der Waals surface area contributed by atoms with Gasteiger partial charge in [-0.3, -0.25) is 4.90 Å². The predicted octanol–water partition coefficient (Wildman–Crippen LogP) is 1.44. The summed E-state index contributed by atoms with van der Waals surface area (Å²) >= 11 is 0. The zero-order valence-corrected chi connectivity index (χ0v) is 16.0. The van der Waals surface area contributed by atoms with Crippen LogP contribution in [0.3, 0.4) is 0 Å². The zero-order valence-electron chi connectivity index (χ0n) is 16.0. The average Bonchev–Trinajstić information content (AvgIpc) is 2.57. The van der Waals surface area contributed by atoms with Crippen LogP contribution in [0.5, 0.6) is 0 Å². The minimum atomic E-state index is -0.158. The van der Waals surface area contributed by atoms with Crippen LogP contribution < -0.4 is 15.5 Å². The molecule has 3 atom stereocenters. The highest BCUT2D eigenvalue weighted by Gasteiger charge is 2.25. The third-order valence-corrected chi connectivity index (χ3v) is 4.36. The van der Waals surface area contributed by atoms with Gasteiger partial charge in [-0.15, -0.1) is 0 Å². The lowest BCUT2D eigenvalue weighted by molar-refractivity contribution is -0.0778. The van der Waals surface area contributed by atoms with Crippen molar-refractivity contribution >= 4 is 11.8 Å². The molecule has 140 valence electrons. The molecule has 1 saturated heterocycles. The van der Waals surface area contributed by atoms with Crippen LogP contribution in [0.4, 0.5) is 10.6 Å². The van der Waals surface area contributed by atoms with Gasteiger partial charge in [-0.1, -0.05) is 6.07 Å². The molecule has 0 aromatic carbocycles. The Labute approximate surface area is 150 Å². The van der Waals surface area contributed by atoms with Crippen LogP contribution in [0.2, 0.25) is 0 Å². The van der Waals surface area contributed by atoms with Crippen molar-refractivity contribution in [3.05, 3.63) is 23.9 Å². The Morgan fingerprint density at radius 1 is 1.36 bits per heavy atom. The summed E-state index contributed by atoms with van der Waals surface area (Å²) in [5, 5.41) is 5.87. The molecule has 0 saturated carbocycles. The molecule has 0 aliphatic carbocycles. The number of nitrogens with zero attached hydrogens (tertiary/aromatic N) is 3. The molecule has 7 nitrogen and oxygen atoms in total. The number of aromatic nitrogens is 1. The minimum absolute atomic E-state index is 0.158. The van der Waals surface area contributed by atoms with E-state index >= 15 is 0 Å². The Kier molecular flexibility index (Phi) is 7.01. The first-order valence-corrected chi connectivity index (χ1v) is 8.89. The Morgan fingerprint density at radius 3 is 2.68 bits per heavy atom. The van der Waals surface area contributed by atoms with Crippen LogP contribution in [-0.4, -0.2) is 67.9 Å². The molecule has 1 aliphatic heterocycles. The van der Waals surface area contributed by atoms with Crippen molar-refractivity contribution in [1.82, 2.24) is 20.5 Å². The van der Waals surface area contributed by atoms with Crippen molar-refractivity contribution in [1.29, 1.82) is 0 Å². The van der Waals surface area contributed by atoms with E-state index in [9.17, 15) is 4.79 Å². The lowest BCUT2D eigenvalue weighted by atomic mass is 10.2. The van der Waals surface area contributed by atoms with Crippen LogP contribution in [0.25, 0.3) is 0 Å². The molecule has 0 radical (unpaired) electrons. The lowest BCUT2D eigenvalue weighted by Gasteiger charge is -2.38. The van der Waals surface area contributed by atoms with Gasteiger partial charge in [0.25, 0.3) is 0 Å². The quantitative estimate of drug-likeness (QED) is 0.813. The van der Waals surface area contributed by atoms with Crippen molar-refractivity contribution in [3.63, 3.8) is 0 Å². The number of anilines is 1. The van der Waals surface area contributed by atoms with Gasteiger partial charge in [0.2, 0.25) is 0 Å². The van der Waals surface area contributed by atoms with Gasteiger partial charge < -0.3 is 20.3 Å². The second-order valence-corrected chi connectivity index (χ2v) is 7.00. The molecule has 1 fully saturated rings. The molecule has 0 spiro atoms. The third-order valence-electron chi connectivity index (χ3n) is 4.36. The summed E-state index contributed by atoms with van der Waals surface area (Å²) in [5.41, 5.74) is 0.992. The highest BCUT2D eigenvalue weighted by Crippen LogP contribution is 2.14. The molecule has 0 unspecified atom stereocenters. The Bertz CT molecular complexity index is 556. The molecule has 1 aromatic rings. The fourth-order valence-corrected chi connectivity index (χ4v) is 3.16. The lowest BCUT2D eigenvalue weighted by Crippen LogP contribution is -2.52. The van der Waals surface area contributed by atoms with Crippen LogP contribution in [0.1, 0.15) is 26.3 Å². The van der Waals surface area contributed by atoms with E-state index in [1.807, 2.05) is 31.1 Å². The molecule has 2 rings (SSSR count). The first-order chi connectivity index (χ1) is 11.9. The van der Waals surface area contributed by atoms with Crippen LogP contribution >= 0.6 is 0 Å². The van der Waals surface area contributed by atoms with Gasteiger partial charge in [0, 0.05) is 58.1 Å². The maximum atomic E-state index is 12.1. The number of pyridine rings is 1. The summed E-state index contributed by atoms with van der Waals surface area (Å²) in [7, 11) is 3.88. The molecular formula is C18H31N5O2. The second-order valence-electron chi connectivity index (χ2n) is 7.00. The van der Waals surface area contributed by atoms with Crippen molar-refractivity contribution in [3.8, 4) is 0 Å². The number of hydrogen-bond acceptors (Lipinski definition) is 5. The van der Waals surface area contributed by atoms with E-state index in [1.165, 1.54) is 0 Å². The van der Waals surface area contributed by atoms with Crippen molar-refractivity contribution in [2.75, 3.05) is 38.6 Å². The molecule has 0 bridgehead atoms. The van der Waals surface area contributed by atoms with E-state index in [-0.39, 0.29) is 24.3 Å². The number of carbonyl (C=O) groups is 1. The summed E-state index contributed by atoms with van der Waals surface area (Å²) in [6.07, 6.45) is 2.22.